The molecule has 0 saturated carbocycles. The molecule has 35 heavy (non-hydrogen) atoms. The van der Waals surface area contributed by atoms with E-state index in [4.69, 9.17) is 9.47 Å². The van der Waals surface area contributed by atoms with Crippen molar-refractivity contribution < 1.29 is 29.0 Å². The van der Waals surface area contributed by atoms with E-state index in [0.29, 0.717) is 19.6 Å². The Morgan fingerprint density at radius 3 is 2.31 bits per heavy atom. The quantitative estimate of drug-likeness (QED) is 0.684. The molecule has 5 rings (SSSR count). The summed E-state index contributed by atoms with van der Waals surface area (Å²) in [5.74, 6) is -1.89. The molecule has 2 fully saturated rings. The highest BCUT2D eigenvalue weighted by Crippen LogP contribution is 2.44. The fourth-order valence-electron chi connectivity index (χ4n) is 5.67. The minimum absolute atomic E-state index is 0.0507. The number of rotatable bonds is 5. The largest absolute Gasteiger partial charge is 0.481 e. The van der Waals surface area contributed by atoms with Gasteiger partial charge in [-0.05, 0) is 34.1 Å². The Morgan fingerprint density at radius 1 is 1.09 bits per heavy atom. The molecule has 8 nitrogen and oxygen atoms in total. The molecule has 2 heterocycles. The van der Waals surface area contributed by atoms with Crippen molar-refractivity contribution >= 4 is 18.0 Å². The van der Waals surface area contributed by atoms with E-state index in [1.54, 1.807) is 4.90 Å². The summed E-state index contributed by atoms with van der Waals surface area (Å²) >= 11 is 0. The average molecular weight is 479 g/mol. The van der Waals surface area contributed by atoms with Crippen LogP contribution in [0.5, 0.6) is 0 Å². The van der Waals surface area contributed by atoms with E-state index in [9.17, 15) is 19.5 Å². The zero-order chi connectivity index (χ0) is 24.7. The molecule has 2 saturated heterocycles. The lowest BCUT2D eigenvalue weighted by Crippen LogP contribution is -2.49. The lowest BCUT2D eigenvalue weighted by molar-refractivity contribution is -0.144. The van der Waals surface area contributed by atoms with Gasteiger partial charge < -0.3 is 24.8 Å². The molecule has 1 aliphatic carbocycles. The van der Waals surface area contributed by atoms with Crippen molar-refractivity contribution in [3.05, 3.63) is 59.7 Å². The van der Waals surface area contributed by atoms with Crippen LogP contribution in [-0.2, 0) is 19.1 Å². The highest BCUT2D eigenvalue weighted by atomic mass is 16.6. The number of fused-ring (bicyclic) bond motifs is 3. The Bertz CT molecular complexity index is 1120. The van der Waals surface area contributed by atoms with E-state index in [2.05, 4.69) is 29.6 Å². The van der Waals surface area contributed by atoms with Crippen LogP contribution in [-0.4, -0.2) is 66.4 Å². The smallest absolute Gasteiger partial charge is 0.407 e. The monoisotopic (exact) mass is 478 g/mol. The summed E-state index contributed by atoms with van der Waals surface area (Å²) in [6.45, 7) is 4.69. The summed E-state index contributed by atoms with van der Waals surface area (Å²) in [6, 6.07) is 15.7. The number of likely N-dealkylation sites (tertiary alicyclic amines) is 1. The third kappa shape index (κ3) is 4.27. The molecule has 2 amide bonds. The summed E-state index contributed by atoms with van der Waals surface area (Å²) in [4.78, 5) is 39.0. The fourth-order valence-corrected chi connectivity index (χ4v) is 5.67. The molecular formula is C27H30N2O6. The molecule has 0 radical (unpaired) electrons. The first-order valence-electron chi connectivity index (χ1n) is 12.0. The number of amides is 2. The number of nitrogens with zero attached hydrogens (tertiary/aromatic N) is 1. The van der Waals surface area contributed by atoms with Crippen LogP contribution >= 0.6 is 0 Å². The maximum atomic E-state index is 13.2. The van der Waals surface area contributed by atoms with Crippen LogP contribution in [0, 0.1) is 11.3 Å². The normalized spacial score (nSPS) is 24.6. The molecule has 0 spiro atoms. The van der Waals surface area contributed by atoms with Gasteiger partial charge in [-0.15, -0.1) is 0 Å². The Labute approximate surface area is 204 Å². The van der Waals surface area contributed by atoms with Crippen LogP contribution in [0.4, 0.5) is 4.79 Å². The molecule has 2 aromatic carbocycles. The van der Waals surface area contributed by atoms with Gasteiger partial charge in [0.15, 0.2) is 6.10 Å². The van der Waals surface area contributed by atoms with Crippen LogP contribution in [0.1, 0.15) is 37.3 Å². The van der Waals surface area contributed by atoms with Crippen molar-refractivity contribution in [1.82, 2.24) is 10.2 Å². The number of carbonyl (C=O) groups excluding carboxylic acids is 2. The maximum Gasteiger partial charge on any atom is 0.407 e. The first-order valence-corrected chi connectivity index (χ1v) is 12.0. The highest BCUT2D eigenvalue weighted by molar-refractivity contribution is 5.85. The summed E-state index contributed by atoms with van der Waals surface area (Å²) in [5.41, 5.74) is 4.03. The first kappa shape index (κ1) is 23.4. The van der Waals surface area contributed by atoms with Gasteiger partial charge in [0, 0.05) is 25.6 Å². The zero-order valence-electron chi connectivity index (χ0n) is 19.9. The summed E-state index contributed by atoms with van der Waals surface area (Å²) in [5, 5.41) is 12.3. The maximum absolute atomic E-state index is 13.2. The minimum Gasteiger partial charge on any atom is -0.481 e. The van der Waals surface area contributed by atoms with Gasteiger partial charge in [-0.1, -0.05) is 62.4 Å². The third-order valence-corrected chi connectivity index (χ3v) is 7.54. The molecular weight excluding hydrogens is 448 g/mol. The Morgan fingerprint density at radius 2 is 1.71 bits per heavy atom. The van der Waals surface area contributed by atoms with Crippen molar-refractivity contribution in [1.29, 1.82) is 0 Å². The number of hydrogen-bond donors (Lipinski definition) is 2. The third-order valence-electron chi connectivity index (χ3n) is 7.54. The van der Waals surface area contributed by atoms with Crippen molar-refractivity contribution in [2.24, 2.45) is 11.3 Å². The van der Waals surface area contributed by atoms with Gasteiger partial charge in [0.25, 0.3) is 5.91 Å². The number of nitrogens with one attached hydrogen (secondary N) is 1. The van der Waals surface area contributed by atoms with E-state index in [1.165, 1.54) is 0 Å². The van der Waals surface area contributed by atoms with Crippen molar-refractivity contribution in [3.8, 4) is 11.1 Å². The summed E-state index contributed by atoms with van der Waals surface area (Å²) < 4.78 is 11.3. The second-order valence-corrected chi connectivity index (χ2v) is 10.3. The van der Waals surface area contributed by atoms with Crippen molar-refractivity contribution in [3.63, 3.8) is 0 Å². The lowest BCUT2D eigenvalue weighted by Gasteiger charge is -2.26. The second-order valence-electron chi connectivity index (χ2n) is 10.3. The van der Waals surface area contributed by atoms with Crippen LogP contribution in [0.3, 0.4) is 0 Å². The Hall–Kier alpha value is -3.39. The van der Waals surface area contributed by atoms with Crippen LogP contribution in [0.15, 0.2) is 48.5 Å². The molecule has 184 valence electrons. The SMILES string of the molecule is CC1(C)CN(C(=O)C2OCCC2NC(=O)OCC2c3ccccc3-c3ccccc32)CC1C(=O)O. The van der Waals surface area contributed by atoms with E-state index in [-0.39, 0.29) is 25.0 Å². The number of carboxylic acids is 1. The Balaban J connectivity index is 1.21. The number of alkyl carbamates (subject to hydrolysis) is 1. The van der Waals surface area contributed by atoms with Gasteiger partial charge in [-0.3, -0.25) is 9.59 Å². The van der Waals surface area contributed by atoms with Gasteiger partial charge in [0.2, 0.25) is 0 Å². The van der Waals surface area contributed by atoms with Gasteiger partial charge in [-0.2, -0.15) is 0 Å². The molecule has 8 heteroatoms. The van der Waals surface area contributed by atoms with Crippen LogP contribution in [0.2, 0.25) is 0 Å². The van der Waals surface area contributed by atoms with E-state index in [1.807, 2.05) is 38.1 Å². The van der Waals surface area contributed by atoms with Gasteiger partial charge in [-0.25, -0.2) is 4.79 Å². The number of aliphatic carboxylic acids is 1. The van der Waals surface area contributed by atoms with Gasteiger partial charge in [0.1, 0.15) is 6.61 Å². The average Bonchev–Trinajstić information content (AvgIpc) is 3.51. The number of carbonyl (C=O) groups is 3. The minimum atomic E-state index is -0.911. The fraction of sp³-hybridized carbons (Fsp3) is 0.444. The van der Waals surface area contributed by atoms with Crippen LogP contribution in [0.25, 0.3) is 11.1 Å². The number of benzene rings is 2. The topological polar surface area (TPSA) is 105 Å². The van der Waals surface area contributed by atoms with E-state index < -0.39 is 35.5 Å². The molecule has 3 unspecified atom stereocenters. The summed E-state index contributed by atoms with van der Waals surface area (Å²) in [6.07, 6.45) is -0.954. The summed E-state index contributed by atoms with van der Waals surface area (Å²) in [7, 11) is 0. The van der Waals surface area contributed by atoms with E-state index >= 15 is 0 Å². The predicted octanol–water partition coefficient (Wildman–Crippen LogP) is 3.25. The lowest BCUT2D eigenvalue weighted by atomic mass is 9.82. The second kappa shape index (κ2) is 9.00. The number of ether oxygens (including phenoxy) is 2. The van der Waals surface area contributed by atoms with Crippen LogP contribution < -0.4 is 5.32 Å². The molecule has 2 aromatic rings. The van der Waals surface area contributed by atoms with Crippen molar-refractivity contribution in [2.75, 3.05) is 26.3 Å². The van der Waals surface area contributed by atoms with E-state index in [0.717, 1.165) is 22.3 Å². The van der Waals surface area contributed by atoms with Gasteiger partial charge in [0.05, 0.1) is 12.0 Å². The number of carboxylic acid groups (broad SMARTS) is 1. The molecule has 2 aliphatic heterocycles. The van der Waals surface area contributed by atoms with Crippen molar-refractivity contribution in [2.45, 2.75) is 38.3 Å². The zero-order valence-corrected chi connectivity index (χ0v) is 19.9. The Kier molecular flexibility index (Phi) is 6.01. The molecule has 3 aliphatic rings. The van der Waals surface area contributed by atoms with Gasteiger partial charge >= 0.3 is 12.1 Å². The standard InChI is InChI=1S/C27H30N2O6/c1-27(2)15-29(13-21(27)25(31)32)24(30)23-22(11-12-34-23)28-26(33)35-14-20-18-9-5-3-7-16(18)17-8-4-6-10-19(17)20/h3-10,20-23H,11-15H2,1-2H3,(H,28,33)(H,31,32). The first-order chi connectivity index (χ1) is 16.8. The molecule has 0 aromatic heterocycles. The molecule has 2 N–H and O–H groups in total. The number of hydrogen-bond acceptors (Lipinski definition) is 5. The molecule has 0 bridgehead atoms. The molecule has 3 atom stereocenters. The predicted molar refractivity (Wildman–Crippen MR) is 128 cm³/mol. The highest BCUT2D eigenvalue weighted by Gasteiger charge is 2.48.